The van der Waals surface area contributed by atoms with Gasteiger partial charge in [-0.3, -0.25) is 9.97 Å². The molecule has 22 heavy (non-hydrogen) atoms. The van der Waals surface area contributed by atoms with Crippen molar-refractivity contribution >= 4 is 32.5 Å². The molecule has 1 atom stereocenters. The number of pyridine rings is 3. The van der Waals surface area contributed by atoms with Crippen LogP contribution in [0.15, 0.2) is 49.1 Å². The number of nitrogens with two attached hydrogens (primary N) is 1. The van der Waals surface area contributed by atoms with Gasteiger partial charge in [-0.1, -0.05) is 15.9 Å². The first-order valence-electron chi connectivity index (χ1n) is 6.98. The van der Waals surface area contributed by atoms with Gasteiger partial charge in [0.2, 0.25) is 0 Å². The van der Waals surface area contributed by atoms with Crippen LogP contribution < -0.4 is 11.1 Å². The molecule has 3 aromatic heterocycles. The van der Waals surface area contributed by atoms with E-state index in [4.69, 9.17) is 10.7 Å². The summed E-state index contributed by atoms with van der Waals surface area (Å²) in [7, 11) is 0. The summed E-state index contributed by atoms with van der Waals surface area (Å²) in [6.07, 6.45) is 7.14. The fourth-order valence-corrected chi connectivity index (χ4v) is 2.41. The summed E-state index contributed by atoms with van der Waals surface area (Å²) in [4.78, 5) is 13.0. The lowest BCUT2D eigenvalue weighted by Crippen LogP contribution is -2.30. The third-order valence-corrected chi connectivity index (χ3v) is 4.17. The summed E-state index contributed by atoms with van der Waals surface area (Å²) in [6, 6.07) is 7.91. The van der Waals surface area contributed by atoms with E-state index in [9.17, 15) is 0 Å². The van der Waals surface area contributed by atoms with Crippen LogP contribution in [0.5, 0.6) is 0 Å². The molecule has 1 unspecified atom stereocenters. The Morgan fingerprint density at radius 2 is 1.91 bits per heavy atom. The molecule has 0 fully saturated rings. The van der Waals surface area contributed by atoms with E-state index in [1.54, 1.807) is 18.6 Å². The Labute approximate surface area is 137 Å². The summed E-state index contributed by atoms with van der Waals surface area (Å²) >= 11 is 3.39. The minimum Gasteiger partial charge on any atom is -0.368 e. The molecule has 3 aromatic rings. The number of anilines is 1. The van der Waals surface area contributed by atoms with Crippen molar-refractivity contribution in [2.45, 2.75) is 6.04 Å². The Morgan fingerprint density at radius 3 is 2.68 bits per heavy atom. The van der Waals surface area contributed by atoms with E-state index in [1.165, 1.54) is 0 Å². The standard InChI is InChI=1S/C16H16BrN5/c17-8-13(18)10-21-16-14-3-6-20-9-12(14)7-15(22-16)11-1-4-19-5-2-11/h1-7,9,13H,8,10,18H2,(H,21,22). The molecule has 0 saturated heterocycles. The number of rotatable bonds is 5. The number of halogens is 1. The maximum atomic E-state index is 5.96. The van der Waals surface area contributed by atoms with Gasteiger partial charge in [0.05, 0.1) is 5.69 Å². The summed E-state index contributed by atoms with van der Waals surface area (Å²) < 4.78 is 0. The first-order chi connectivity index (χ1) is 10.8. The predicted molar refractivity (Wildman–Crippen MR) is 93.0 cm³/mol. The molecule has 112 valence electrons. The van der Waals surface area contributed by atoms with Crippen LogP contribution in [0.1, 0.15) is 0 Å². The monoisotopic (exact) mass is 357 g/mol. The molecule has 0 aromatic carbocycles. The molecule has 0 spiro atoms. The average molecular weight is 358 g/mol. The van der Waals surface area contributed by atoms with E-state index in [2.05, 4.69) is 31.2 Å². The Hall–Kier alpha value is -2.05. The molecule has 0 saturated carbocycles. The number of hydrogen-bond acceptors (Lipinski definition) is 5. The number of alkyl halides is 1. The number of nitrogens with zero attached hydrogens (tertiary/aromatic N) is 3. The Balaban J connectivity index is 2.04. The van der Waals surface area contributed by atoms with Crippen LogP contribution >= 0.6 is 15.9 Å². The largest absolute Gasteiger partial charge is 0.368 e. The van der Waals surface area contributed by atoms with E-state index in [0.29, 0.717) is 6.54 Å². The maximum absolute atomic E-state index is 5.96. The van der Waals surface area contributed by atoms with Gasteiger partial charge in [-0.25, -0.2) is 4.98 Å². The maximum Gasteiger partial charge on any atom is 0.134 e. The van der Waals surface area contributed by atoms with Gasteiger partial charge in [-0.2, -0.15) is 0 Å². The van der Waals surface area contributed by atoms with Crippen molar-refractivity contribution in [3.63, 3.8) is 0 Å². The van der Waals surface area contributed by atoms with Crippen LogP contribution in [0.25, 0.3) is 22.0 Å². The quantitative estimate of drug-likeness (QED) is 0.686. The van der Waals surface area contributed by atoms with Gasteiger partial charge < -0.3 is 11.1 Å². The highest BCUT2D eigenvalue weighted by atomic mass is 79.9. The fourth-order valence-electron chi connectivity index (χ4n) is 2.19. The van der Waals surface area contributed by atoms with Crippen molar-refractivity contribution in [3.8, 4) is 11.3 Å². The van der Waals surface area contributed by atoms with Gasteiger partial charge in [-0.05, 0) is 24.3 Å². The summed E-state index contributed by atoms with van der Waals surface area (Å²) in [5.74, 6) is 0.822. The second-order valence-electron chi connectivity index (χ2n) is 4.98. The molecule has 0 aliphatic rings. The molecule has 0 aliphatic heterocycles. The number of hydrogen-bond donors (Lipinski definition) is 2. The zero-order valence-corrected chi connectivity index (χ0v) is 13.5. The number of nitrogens with one attached hydrogen (secondary N) is 1. The third-order valence-electron chi connectivity index (χ3n) is 3.34. The SMILES string of the molecule is NC(CBr)CNc1nc(-c2ccncc2)cc2cnccc12. The van der Waals surface area contributed by atoms with E-state index < -0.39 is 0 Å². The van der Waals surface area contributed by atoms with Crippen molar-refractivity contribution in [3.05, 3.63) is 49.1 Å². The highest BCUT2D eigenvalue weighted by Crippen LogP contribution is 2.26. The minimum atomic E-state index is 0.0308. The van der Waals surface area contributed by atoms with E-state index in [-0.39, 0.29) is 6.04 Å². The summed E-state index contributed by atoms with van der Waals surface area (Å²) in [6.45, 7) is 0.648. The van der Waals surface area contributed by atoms with Crippen molar-refractivity contribution in [2.24, 2.45) is 5.73 Å². The normalized spacial score (nSPS) is 12.3. The summed E-state index contributed by atoms with van der Waals surface area (Å²) in [5.41, 5.74) is 7.86. The molecule has 0 amide bonds. The fraction of sp³-hybridized carbons (Fsp3) is 0.188. The molecule has 3 N–H and O–H groups in total. The highest BCUT2D eigenvalue weighted by Gasteiger charge is 2.09. The molecule has 0 aliphatic carbocycles. The molecule has 6 heteroatoms. The average Bonchev–Trinajstić information content (AvgIpc) is 2.59. The lowest BCUT2D eigenvalue weighted by Gasteiger charge is -2.14. The van der Waals surface area contributed by atoms with Gasteiger partial charge in [-0.15, -0.1) is 0 Å². The highest BCUT2D eigenvalue weighted by molar-refractivity contribution is 9.09. The molecular formula is C16H16BrN5. The van der Waals surface area contributed by atoms with Crippen LogP contribution in [-0.4, -0.2) is 32.9 Å². The zero-order chi connectivity index (χ0) is 15.4. The van der Waals surface area contributed by atoms with Gasteiger partial charge in [0.15, 0.2) is 0 Å². The first-order valence-corrected chi connectivity index (χ1v) is 8.10. The van der Waals surface area contributed by atoms with Crippen LogP contribution in [-0.2, 0) is 0 Å². The summed E-state index contributed by atoms with van der Waals surface area (Å²) in [5, 5.41) is 6.16. The van der Waals surface area contributed by atoms with Gasteiger partial charge in [0, 0.05) is 59.0 Å². The van der Waals surface area contributed by atoms with Crippen LogP contribution in [0.2, 0.25) is 0 Å². The van der Waals surface area contributed by atoms with Crippen molar-refractivity contribution in [1.82, 2.24) is 15.0 Å². The Morgan fingerprint density at radius 1 is 1.14 bits per heavy atom. The lowest BCUT2D eigenvalue weighted by atomic mass is 10.1. The first kappa shape index (κ1) is 14.9. The second kappa shape index (κ2) is 6.81. The van der Waals surface area contributed by atoms with Crippen molar-refractivity contribution in [1.29, 1.82) is 0 Å². The smallest absolute Gasteiger partial charge is 0.134 e. The van der Waals surface area contributed by atoms with E-state index in [1.807, 2.05) is 30.5 Å². The van der Waals surface area contributed by atoms with Crippen molar-refractivity contribution < 1.29 is 0 Å². The van der Waals surface area contributed by atoms with E-state index >= 15 is 0 Å². The van der Waals surface area contributed by atoms with Gasteiger partial charge in [0.1, 0.15) is 5.82 Å². The minimum absolute atomic E-state index is 0.0308. The van der Waals surface area contributed by atoms with Crippen LogP contribution in [0, 0.1) is 0 Å². The van der Waals surface area contributed by atoms with Gasteiger partial charge in [0.25, 0.3) is 0 Å². The Bertz CT molecular complexity index is 763. The van der Waals surface area contributed by atoms with Crippen LogP contribution in [0.4, 0.5) is 5.82 Å². The zero-order valence-electron chi connectivity index (χ0n) is 11.9. The molecule has 0 bridgehead atoms. The van der Waals surface area contributed by atoms with E-state index in [0.717, 1.165) is 33.2 Å². The number of aromatic nitrogens is 3. The molecule has 0 radical (unpaired) electrons. The Kier molecular flexibility index (Phi) is 4.60. The molecule has 3 heterocycles. The molecular weight excluding hydrogens is 342 g/mol. The predicted octanol–water partition coefficient (Wildman–Crippen LogP) is 2.83. The molecule has 5 nitrogen and oxygen atoms in total. The molecule has 3 rings (SSSR count). The second-order valence-corrected chi connectivity index (χ2v) is 5.63. The van der Waals surface area contributed by atoms with Gasteiger partial charge >= 0.3 is 0 Å². The topological polar surface area (TPSA) is 76.7 Å². The lowest BCUT2D eigenvalue weighted by molar-refractivity contribution is 0.794. The third kappa shape index (κ3) is 3.23. The van der Waals surface area contributed by atoms with Crippen molar-refractivity contribution in [2.75, 3.05) is 17.2 Å². The number of fused-ring (bicyclic) bond motifs is 1. The van der Waals surface area contributed by atoms with Crippen LogP contribution in [0.3, 0.4) is 0 Å².